The summed E-state index contributed by atoms with van der Waals surface area (Å²) in [4.78, 5) is 0. The summed E-state index contributed by atoms with van der Waals surface area (Å²) in [6.45, 7) is 7.82. The predicted molar refractivity (Wildman–Crippen MR) is 75.8 cm³/mol. The quantitative estimate of drug-likeness (QED) is 0.575. The summed E-state index contributed by atoms with van der Waals surface area (Å²) in [7, 11) is 0. The molecule has 2 aliphatic rings. The van der Waals surface area contributed by atoms with Gasteiger partial charge in [-0.05, 0) is 6.71 Å². The summed E-state index contributed by atoms with van der Waals surface area (Å²) in [5, 5.41) is 0. The van der Waals surface area contributed by atoms with Crippen molar-refractivity contribution in [2.45, 2.75) is 83.7 Å². The van der Waals surface area contributed by atoms with Crippen molar-refractivity contribution < 1.29 is 0 Å². The Morgan fingerprint density at radius 2 is 1.06 bits per heavy atom. The van der Waals surface area contributed by atoms with Crippen molar-refractivity contribution >= 4 is 6.71 Å². The molecule has 0 aromatic rings. The van der Waals surface area contributed by atoms with E-state index in [2.05, 4.69) is 20.7 Å². The molecule has 0 amide bonds. The smallest absolute Gasteiger partial charge is 0.0123 e. The minimum atomic E-state index is 0.108. The van der Waals surface area contributed by atoms with E-state index in [4.69, 9.17) is 0 Å². The Morgan fingerprint density at radius 3 is 1.44 bits per heavy atom. The average Bonchev–Trinajstić information content (AvgIpc) is 2.29. The molecule has 2 aliphatic carbocycles. The van der Waals surface area contributed by atoms with Gasteiger partial charge in [-0.25, -0.2) is 0 Å². The lowest BCUT2D eigenvalue weighted by Gasteiger charge is -2.47. The Balaban J connectivity index is 1.96. The molecule has 16 heavy (non-hydrogen) atoms. The van der Waals surface area contributed by atoms with Crippen LogP contribution in [0, 0.1) is 11.8 Å². The van der Waals surface area contributed by atoms with Gasteiger partial charge < -0.3 is 0 Å². The third-order valence-electron chi connectivity index (χ3n) is 6.23. The predicted octanol–water partition coefficient (Wildman–Crippen LogP) is 5.00. The molecule has 0 nitrogen and oxygen atoms in total. The first-order chi connectivity index (χ1) is 7.70. The molecule has 94 valence electrons. The third kappa shape index (κ3) is 2.66. The van der Waals surface area contributed by atoms with Crippen molar-refractivity contribution in [1.29, 1.82) is 0 Å². The van der Waals surface area contributed by atoms with Gasteiger partial charge in [-0.3, -0.25) is 0 Å². The number of hydrogen-bond donors (Lipinski definition) is 0. The molecule has 4 atom stereocenters. The minimum Gasteiger partial charge on any atom is -0.192 e. The molecule has 2 fully saturated rings. The maximum atomic E-state index is 2.65. The van der Waals surface area contributed by atoms with Gasteiger partial charge in [0.15, 0.2) is 0 Å². The van der Waals surface area contributed by atoms with Gasteiger partial charge in [-0.1, -0.05) is 77.0 Å². The van der Waals surface area contributed by atoms with E-state index in [-0.39, 0.29) is 6.71 Å². The van der Waals surface area contributed by atoms with Gasteiger partial charge in [0, 0.05) is 0 Å². The van der Waals surface area contributed by atoms with Crippen molar-refractivity contribution in [2.75, 3.05) is 0 Å². The van der Waals surface area contributed by atoms with Crippen molar-refractivity contribution in [3.05, 3.63) is 0 Å². The van der Waals surface area contributed by atoms with E-state index in [1.54, 1.807) is 12.8 Å². The van der Waals surface area contributed by atoms with Crippen LogP contribution in [-0.4, -0.2) is 6.71 Å². The minimum absolute atomic E-state index is 0.108. The van der Waals surface area contributed by atoms with Gasteiger partial charge in [-0.2, -0.15) is 18.5 Å². The van der Waals surface area contributed by atoms with Gasteiger partial charge in [0.05, 0.1) is 0 Å². The van der Waals surface area contributed by atoms with Crippen molar-refractivity contribution in [3.63, 3.8) is 0 Å². The molecule has 0 aliphatic heterocycles. The first kappa shape index (κ1) is 12.5. The summed E-state index contributed by atoms with van der Waals surface area (Å²) >= 11 is 0. The van der Waals surface area contributed by atoms with Crippen molar-refractivity contribution in [3.8, 4) is 0 Å². The van der Waals surface area contributed by atoms with E-state index in [9.17, 15) is 0 Å². The van der Waals surface area contributed by atoms with Gasteiger partial charge in [0.25, 0.3) is 0 Å². The van der Waals surface area contributed by atoms with Gasteiger partial charge in [0.2, 0.25) is 0 Å². The normalized spacial score (nSPS) is 42.9. The first-order valence-electron chi connectivity index (χ1n) is 7.98. The van der Waals surface area contributed by atoms with Crippen LogP contribution >= 0.6 is 0 Å². The molecule has 0 aromatic carbocycles. The Morgan fingerprint density at radius 1 is 0.688 bits per heavy atom. The van der Waals surface area contributed by atoms with Crippen LogP contribution in [0.5, 0.6) is 0 Å². The highest BCUT2D eigenvalue weighted by Gasteiger charge is 2.29. The molecule has 4 unspecified atom stereocenters. The van der Waals surface area contributed by atoms with Crippen LogP contribution in [0.4, 0.5) is 0 Å². The molecular weight excluding hydrogens is 191 g/mol. The van der Waals surface area contributed by atoms with Crippen LogP contribution in [0.3, 0.4) is 0 Å². The molecule has 0 spiro atoms. The van der Waals surface area contributed by atoms with E-state index in [1.807, 2.05) is 0 Å². The summed E-state index contributed by atoms with van der Waals surface area (Å²) in [5.74, 6) is 4.32. The third-order valence-corrected chi connectivity index (χ3v) is 6.23. The molecule has 0 saturated heterocycles. The lowest BCUT2D eigenvalue weighted by Crippen LogP contribution is -2.34. The van der Waals surface area contributed by atoms with E-state index in [1.165, 1.54) is 38.5 Å². The van der Waals surface area contributed by atoms with Crippen molar-refractivity contribution in [1.82, 2.24) is 0 Å². The molecule has 1 heteroatoms. The summed E-state index contributed by atoms with van der Waals surface area (Å²) in [5.41, 5.74) is 0. The maximum absolute atomic E-state index is 2.65. The largest absolute Gasteiger partial charge is 0.192 e. The van der Waals surface area contributed by atoms with Gasteiger partial charge in [0.1, 0.15) is 0 Å². The highest BCUT2D eigenvalue weighted by atomic mass is 14.3. The second-order valence-electron chi connectivity index (χ2n) is 7.10. The lowest BCUT2D eigenvalue weighted by atomic mass is 9.29. The van der Waals surface area contributed by atoms with Crippen LogP contribution in [0.2, 0.25) is 18.5 Å². The van der Waals surface area contributed by atoms with Crippen molar-refractivity contribution in [2.24, 2.45) is 11.8 Å². The monoisotopic (exact) mass is 221 g/mol. The molecule has 2 rings (SSSR count). The summed E-state index contributed by atoms with van der Waals surface area (Å²) in [6.07, 6.45) is 12.2. The maximum Gasteiger partial charge on any atom is -0.0123 e. The molecule has 2 saturated carbocycles. The van der Waals surface area contributed by atoms with Crippen LogP contribution < -0.4 is 0 Å². The van der Waals surface area contributed by atoms with Crippen LogP contribution in [0.15, 0.2) is 0 Å². The van der Waals surface area contributed by atoms with Crippen LogP contribution in [-0.2, 0) is 0 Å². The zero-order valence-electron chi connectivity index (χ0n) is 11.7. The fourth-order valence-corrected chi connectivity index (χ4v) is 5.09. The highest BCUT2D eigenvalue weighted by Crippen LogP contribution is 2.45. The Bertz CT molecular complexity index is 191. The van der Waals surface area contributed by atoms with E-state index in [0.717, 1.165) is 23.5 Å². The fourth-order valence-electron chi connectivity index (χ4n) is 5.09. The lowest BCUT2D eigenvalue weighted by molar-refractivity contribution is 0.347. The zero-order valence-corrected chi connectivity index (χ0v) is 11.7. The zero-order chi connectivity index (χ0) is 11.5. The SMILES string of the molecule is C[BH-](C1CCCCC1C)C1CCCCC1C. The second-order valence-corrected chi connectivity index (χ2v) is 7.10. The molecule has 0 N–H and O–H groups in total. The second kappa shape index (κ2) is 5.60. The van der Waals surface area contributed by atoms with Gasteiger partial charge in [-0.15, -0.1) is 0 Å². The number of rotatable bonds is 2. The van der Waals surface area contributed by atoms with E-state index >= 15 is 0 Å². The summed E-state index contributed by atoms with van der Waals surface area (Å²) in [6, 6.07) is 0. The first-order valence-corrected chi connectivity index (χ1v) is 7.98. The van der Waals surface area contributed by atoms with E-state index in [0.29, 0.717) is 0 Å². The van der Waals surface area contributed by atoms with E-state index < -0.39 is 0 Å². The topological polar surface area (TPSA) is 0 Å². The molecule has 0 radical (unpaired) electrons. The molecule has 0 aromatic heterocycles. The Labute approximate surface area is 103 Å². The Hall–Kier alpha value is 0.0649. The average molecular weight is 221 g/mol. The fraction of sp³-hybridized carbons (Fsp3) is 1.00. The van der Waals surface area contributed by atoms with Crippen LogP contribution in [0.25, 0.3) is 0 Å². The number of hydrogen-bond acceptors (Lipinski definition) is 0. The van der Waals surface area contributed by atoms with Gasteiger partial charge >= 0.3 is 0 Å². The Kier molecular flexibility index (Phi) is 4.38. The molecular formula is C15H30B-. The molecule has 0 heterocycles. The van der Waals surface area contributed by atoms with Crippen LogP contribution in [0.1, 0.15) is 65.2 Å². The standard InChI is InChI=1S/C15H30B/c1-12-8-4-6-10-14(12)16(3)15-11-7-5-9-13(15)2/h12-16H,4-11H2,1-3H3/q-1. The summed E-state index contributed by atoms with van der Waals surface area (Å²) < 4.78 is 0. The molecule has 0 bridgehead atoms. The highest BCUT2D eigenvalue weighted by molar-refractivity contribution is 6.60.